The summed E-state index contributed by atoms with van der Waals surface area (Å²) >= 11 is 6.25. The molecular weight excluding hydrogens is 490 g/mol. The predicted octanol–water partition coefficient (Wildman–Crippen LogP) is 1.31. The first-order chi connectivity index (χ1) is 17.3. The molecule has 1 aromatic carbocycles. The van der Waals surface area contributed by atoms with E-state index in [-0.39, 0.29) is 25.5 Å². The van der Waals surface area contributed by atoms with E-state index >= 15 is 0 Å². The Morgan fingerprint density at radius 3 is 2.89 bits per heavy atom. The molecule has 0 fully saturated rings. The summed E-state index contributed by atoms with van der Waals surface area (Å²) in [7, 11) is 3.57. The smallest absolute Gasteiger partial charge is 0.304 e. The number of aliphatic carboxylic acids is 1. The quantitative estimate of drug-likeness (QED) is 0.158. The number of carbonyl (C=O) groups excluding carboxylic acids is 1. The van der Waals surface area contributed by atoms with E-state index in [0.29, 0.717) is 52.3 Å². The Balaban J connectivity index is 1.66. The van der Waals surface area contributed by atoms with Gasteiger partial charge in [-0.25, -0.2) is 9.97 Å². The molecule has 3 rings (SSSR count). The second-order valence-electron chi connectivity index (χ2n) is 8.15. The van der Waals surface area contributed by atoms with Gasteiger partial charge in [-0.05, 0) is 26.2 Å². The zero-order valence-corrected chi connectivity index (χ0v) is 20.8. The van der Waals surface area contributed by atoms with Gasteiger partial charge in [0.1, 0.15) is 36.4 Å². The minimum atomic E-state index is -0.897. The summed E-state index contributed by atoms with van der Waals surface area (Å²) in [5.41, 5.74) is 1.55. The van der Waals surface area contributed by atoms with E-state index in [1.807, 2.05) is 7.05 Å². The highest BCUT2D eigenvalue weighted by atomic mass is 35.5. The van der Waals surface area contributed by atoms with E-state index in [1.165, 1.54) is 6.33 Å². The minimum absolute atomic E-state index is 0.0126. The molecule has 194 valence electrons. The second kappa shape index (κ2) is 13.0. The van der Waals surface area contributed by atoms with Crippen molar-refractivity contribution in [3.63, 3.8) is 0 Å². The van der Waals surface area contributed by atoms with Gasteiger partial charge >= 0.3 is 5.97 Å². The molecule has 1 atom stereocenters. The van der Waals surface area contributed by atoms with Gasteiger partial charge in [0, 0.05) is 44.1 Å². The Morgan fingerprint density at radius 2 is 2.14 bits per heavy atom. The second-order valence-corrected chi connectivity index (χ2v) is 8.56. The first-order valence-corrected chi connectivity index (χ1v) is 11.7. The van der Waals surface area contributed by atoms with Crippen LogP contribution in [0.15, 0.2) is 30.7 Å². The number of aliphatic hydroxyl groups is 1. The van der Waals surface area contributed by atoms with Crippen molar-refractivity contribution >= 4 is 46.4 Å². The minimum Gasteiger partial charge on any atom is -0.489 e. The molecule has 0 aliphatic carbocycles. The number of hydrogen-bond acceptors (Lipinski definition) is 10. The summed E-state index contributed by atoms with van der Waals surface area (Å²) in [6.45, 7) is 1.87. The van der Waals surface area contributed by atoms with Crippen LogP contribution < -0.4 is 26.0 Å². The number of halogens is 1. The molecule has 1 unspecified atom stereocenters. The summed E-state index contributed by atoms with van der Waals surface area (Å²) < 4.78 is 5.69. The molecule has 12 nitrogen and oxygen atoms in total. The number of amides is 1. The Hall–Kier alpha value is -3.45. The predicted molar refractivity (Wildman–Crippen MR) is 137 cm³/mol. The lowest BCUT2D eigenvalue weighted by Gasteiger charge is -2.20. The highest BCUT2D eigenvalue weighted by molar-refractivity contribution is 6.33. The van der Waals surface area contributed by atoms with E-state index < -0.39 is 12.1 Å². The van der Waals surface area contributed by atoms with Crippen LogP contribution in [0.2, 0.25) is 5.02 Å². The Kier molecular flexibility index (Phi) is 9.82. The Labute approximate surface area is 213 Å². The molecule has 0 radical (unpaired) electrons. The first kappa shape index (κ1) is 27.1. The molecule has 13 heteroatoms. The van der Waals surface area contributed by atoms with Crippen molar-refractivity contribution in [2.75, 3.05) is 62.8 Å². The maximum atomic E-state index is 12.6. The average molecular weight is 520 g/mol. The SMILES string of the molecule is CNCCNc1ncnc2c1/C(=C/Nc1ccc(Cl)c(OCC(O)CN(C)CCC(=O)O)c1)C(=O)N2. The molecule has 1 aliphatic heterocycles. The number of carboxylic acid groups (broad SMARTS) is 1. The van der Waals surface area contributed by atoms with Crippen molar-refractivity contribution in [3.05, 3.63) is 41.3 Å². The van der Waals surface area contributed by atoms with Gasteiger partial charge in [-0.1, -0.05) is 11.6 Å². The van der Waals surface area contributed by atoms with Crippen LogP contribution in [-0.2, 0) is 9.59 Å². The zero-order valence-electron chi connectivity index (χ0n) is 20.0. The van der Waals surface area contributed by atoms with Gasteiger partial charge in [-0.3, -0.25) is 9.59 Å². The van der Waals surface area contributed by atoms with Crippen LogP contribution in [0, 0.1) is 0 Å². The summed E-state index contributed by atoms with van der Waals surface area (Å²) in [4.78, 5) is 33.4. The number of hydrogen-bond donors (Lipinski definition) is 6. The summed E-state index contributed by atoms with van der Waals surface area (Å²) in [6, 6.07) is 5.02. The number of fused-ring (bicyclic) bond motifs is 1. The number of anilines is 3. The van der Waals surface area contributed by atoms with Crippen LogP contribution >= 0.6 is 11.6 Å². The van der Waals surface area contributed by atoms with E-state index in [2.05, 4.69) is 31.2 Å². The fourth-order valence-corrected chi connectivity index (χ4v) is 3.61. The Bertz CT molecular complexity index is 1110. The summed E-state index contributed by atoms with van der Waals surface area (Å²) in [6.07, 6.45) is 2.10. The van der Waals surface area contributed by atoms with Gasteiger partial charge < -0.3 is 41.1 Å². The Morgan fingerprint density at radius 1 is 1.33 bits per heavy atom. The standard InChI is InChI=1S/C23H30ClN7O5/c1-25-6-7-26-21-20-16(23(35)30-22(20)29-13-28-21)10-27-14-3-4-17(24)18(9-14)36-12-15(32)11-31(2)8-5-19(33)34/h3-4,9-10,13,15,25,27,32H,5-8,11-12H2,1-2H3,(H,33,34)(H2,26,28,29,30,35)/b16-10-. The maximum Gasteiger partial charge on any atom is 0.304 e. The molecular formula is C23H30ClN7O5. The van der Waals surface area contributed by atoms with Gasteiger partial charge in [0.05, 0.1) is 22.6 Å². The maximum absolute atomic E-state index is 12.6. The van der Waals surface area contributed by atoms with Crippen LogP contribution in [0.5, 0.6) is 5.75 Å². The third kappa shape index (κ3) is 7.52. The number of nitrogens with zero attached hydrogens (tertiary/aromatic N) is 3. The monoisotopic (exact) mass is 519 g/mol. The lowest BCUT2D eigenvalue weighted by atomic mass is 10.1. The molecule has 6 N–H and O–H groups in total. The van der Waals surface area contributed by atoms with Gasteiger partial charge in [0.2, 0.25) is 0 Å². The van der Waals surface area contributed by atoms with Crippen molar-refractivity contribution in [1.29, 1.82) is 0 Å². The third-order valence-corrected chi connectivity index (χ3v) is 5.55. The fourth-order valence-electron chi connectivity index (χ4n) is 3.44. The summed E-state index contributed by atoms with van der Waals surface area (Å²) in [5, 5.41) is 31.4. The first-order valence-electron chi connectivity index (χ1n) is 11.3. The van der Waals surface area contributed by atoms with Crippen LogP contribution in [0.3, 0.4) is 0 Å². The lowest BCUT2D eigenvalue weighted by molar-refractivity contribution is -0.137. The number of likely N-dealkylation sites (N-methyl/N-ethyl adjacent to an activating group) is 2. The number of nitrogens with one attached hydrogen (secondary N) is 4. The molecule has 2 heterocycles. The molecule has 0 bridgehead atoms. The van der Waals surface area contributed by atoms with Gasteiger partial charge in [-0.15, -0.1) is 0 Å². The van der Waals surface area contributed by atoms with Gasteiger partial charge in [0.15, 0.2) is 0 Å². The highest BCUT2D eigenvalue weighted by Gasteiger charge is 2.29. The zero-order chi connectivity index (χ0) is 26.1. The average Bonchev–Trinajstić information content (AvgIpc) is 3.17. The van der Waals surface area contributed by atoms with Crippen LogP contribution in [-0.4, -0.2) is 89.9 Å². The molecule has 0 saturated carbocycles. The third-order valence-electron chi connectivity index (χ3n) is 5.24. The number of carbonyl (C=O) groups is 2. The molecule has 1 aromatic heterocycles. The van der Waals surface area contributed by atoms with Crippen molar-refractivity contribution < 1.29 is 24.5 Å². The number of carboxylic acids is 1. The van der Waals surface area contributed by atoms with Crippen LogP contribution in [0.4, 0.5) is 17.3 Å². The van der Waals surface area contributed by atoms with E-state index in [0.717, 1.165) is 6.54 Å². The van der Waals surface area contributed by atoms with Crippen molar-refractivity contribution in [2.24, 2.45) is 0 Å². The fraction of sp³-hybridized carbons (Fsp3) is 0.391. The number of aromatic nitrogens is 2. The van der Waals surface area contributed by atoms with Crippen molar-refractivity contribution in [2.45, 2.75) is 12.5 Å². The lowest BCUT2D eigenvalue weighted by Crippen LogP contribution is -2.34. The molecule has 0 saturated heterocycles. The largest absolute Gasteiger partial charge is 0.489 e. The van der Waals surface area contributed by atoms with Crippen molar-refractivity contribution in [3.8, 4) is 5.75 Å². The van der Waals surface area contributed by atoms with Gasteiger partial charge in [-0.2, -0.15) is 0 Å². The van der Waals surface area contributed by atoms with E-state index in [9.17, 15) is 14.7 Å². The van der Waals surface area contributed by atoms with Crippen LogP contribution in [0.1, 0.15) is 12.0 Å². The van der Waals surface area contributed by atoms with Crippen molar-refractivity contribution in [1.82, 2.24) is 20.2 Å². The summed E-state index contributed by atoms with van der Waals surface area (Å²) in [5.74, 6) is 0.115. The number of ether oxygens (including phenoxy) is 1. The van der Waals surface area contributed by atoms with E-state index in [1.54, 1.807) is 36.3 Å². The van der Waals surface area contributed by atoms with Crippen LogP contribution in [0.25, 0.3) is 5.57 Å². The molecule has 0 spiro atoms. The topological polar surface area (TPSA) is 161 Å². The molecule has 36 heavy (non-hydrogen) atoms. The highest BCUT2D eigenvalue weighted by Crippen LogP contribution is 2.35. The normalized spacial score (nSPS) is 14.5. The number of benzene rings is 1. The number of aliphatic hydroxyl groups excluding tert-OH is 1. The van der Waals surface area contributed by atoms with E-state index in [4.69, 9.17) is 21.4 Å². The van der Waals surface area contributed by atoms with Gasteiger partial charge in [0.25, 0.3) is 5.91 Å². The molecule has 1 aliphatic rings. The number of rotatable bonds is 14. The molecule has 1 amide bonds. The molecule has 2 aromatic rings.